The van der Waals surface area contributed by atoms with Crippen molar-refractivity contribution < 1.29 is 4.79 Å². The van der Waals surface area contributed by atoms with Gasteiger partial charge in [0.05, 0.1) is 0 Å². The monoisotopic (exact) mass is 289 g/mol. The lowest BCUT2D eigenvalue weighted by molar-refractivity contribution is 0.102. The van der Waals surface area contributed by atoms with Crippen molar-refractivity contribution in [3.8, 4) is 0 Å². The van der Waals surface area contributed by atoms with Crippen molar-refractivity contribution in [1.29, 1.82) is 0 Å². The van der Waals surface area contributed by atoms with E-state index in [9.17, 15) is 4.79 Å². The van der Waals surface area contributed by atoms with Crippen LogP contribution in [0.2, 0.25) is 5.15 Å². The van der Waals surface area contributed by atoms with Gasteiger partial charge in [0.2, 0.25) is 0 Å². The van der Waals surface area contributed by atoms with E-state index in [1.54, 1.807) is 18.2 Å². The standard InChI is InChI=1S/C15H16ClN3O/c1-10-9-11(19(2)3)7-8-12(10)18-15(20)13-5-4-6-14(16)17-13/h4-9H,1-3H3,(H,18,20). The van der Waals surface area contributed by atoms with E-state index in [4.69, 9.17) is 11.6 Å². The summed E-state index contributed by atoms with van der Waals surface area (Å²) < 4.78 is 0. The van der Waals surface area contributed by atoms with Crippen LogP contribution in [0.5, 0.6) is 0 Å². The number of halogens is 1. The first-order valence-corrected chi connectivity index (χ1v) is 6.57. The van der Waals surface area contributed by atoms with Crippen molar-refractivity contribution >= 4 is 28.9 Å². The largest absolute Gasteiger partial charge is 0.378 e. The molecule has 0 bridgehead atoms. The number of aromatic nitrogens is 1. The minimum atomic E-state index is -0.270. The summed E-state index contributed by atoms with van der Waals surface area (Å²) in [6.07, 6.45) is 0. The molecule has 0 saturated heterocycles. The van der Waals surface area contributed by atoms with Crippen LogP contribution in [0.3, 0.4) is 0 Å². The fourth-order valence-corrected chi connectivity index (χ4v) is 1.95. The van der Waals surface area contributed by atoms with Crippen LogP contribution in [0.1, 0.15) is 16.1 Å². The van der Waals surface area contributed by atoms with E-state index in [0.717, 1.165) is 16.9 Å². The summed E-state index contributed by atoms with van der Waals surface area (Å²) >= 11 is 5.78. The van der Waals surface area contributed by atoms with E-state index in [2.05, 4.69) is 10.3 Å². The lowest BCUT2D eigenvalue weighted by atomic mass is 10.1. The third-order valence-corrected chi connectivity index (χ3v) is 3.13. The molecule has 0 unspecified atom stereocenters. The molecule has 2 aromatic rings. The molecule has 104 valence electrons. The molecule has 0 aliphatic heterocycles. The molecule has 0 saturated carbocycles. The smallest absolute Gasteiger partial charge is 0.274 e. The second-order valence-corrected chi connectivity index (χ2v) is 5.08. The lowest BCUT2D eigenvalue weighted by Gasteiger charge is -2.15. The zero-order chi connectivity index (χ0) is 14.7. The molecule has 20 heavy (non-hydrogen) atoms. The van der Waals surface area contributed by atoms with E-state index >= 15 is 0 Å². The highest BCUT2D eigenvalue weighted by Crippen LogP contribution is 2.21. The van der Waals surface area contributed by atoms with Gasteiger partial charge in [0.25, 0.3) is 5.91 Å². The number of carbonyl (C=O) groups excluding carboxylic acids is 1. The number of aryl methyl sites for hydroxylation is 1. The second-order valence-electron chi connectivity index (χ2n) is 4.69. The number of amides is 1. The van der Waals surface area contributed by atoms with Crippen molar-refractivity contribution in [3.05, 3.63) is 52.8 Å². The van der Waals surface area contributed by atoms with Crippen molar-refractivity contribution in [3.63, 3.8) is 0 Å². The Bertz CT molecular complexity index is 641. The Balaban J connectivity index is 2.20. The summed E-state index contributed by atoms with van der Waals surface area (Å²) in [5.41, 5.74) is 3.14. The first-order valence-electron chi connectivity index (χ1n) is 6.19. The predicted molar refractivity (Wildman–Crippen MR) is 82.7 cm³/mol. The Morgan fingerprint density at radius 2 is 2.00 bits per heavy atom. The molecule has 0 aliphatic carbocycles. The van der Waals surface area contributed by atoms with Gasteiger partial charge < -0.3 is 10.2 Å². The van der Waals surface area contributed by atoms with Crippen LogP contribution >= 0.6 is 11.6 Å². The van der Waals surface area contributed by atoms with Gasteiger partial charge in [-0.05, 0) is 42.8 Å². The van der Waals surface area contributed by atoms with Gasteiger partial charge in [0.1, 0.15) is 10.8 Å². The Morgan fingerprint density at radius 3 is 2.60 bits per heavy atom. The number of anilines is 2. The molecule has 0 spiro atoms. The van der Waals surface area contributed by atoms with Crippen molar-refractivity contribution in [1.82, 2.24) is 4.98 Å². The fourth-order valence-electron chi connectivity index (χ4n) is 1.79. The third kappa shape index (κ3) is 3.27. The van der Waals surface area contributed by atoms with Gasteiger partial charge in [0, 0.05) is 25.5 Å². The third-order valence-electron chi connectivity index (χ3n) is 2.92. The zero-order valence-electron chi connectivity index (χ0n) is 11.6. The van der Waals surface area contributed by atoms with Crippen LogP contribution in [0.15, 0.2) is 36.4 Å². The number of rotatable bonds is 3. The highest BCUT2D eigenvalue weighted by molar-refractivity contribution is 6.29. The van der Waals surface area contributed by atoms with Gasteiger partial charge in [-0.15, -0.1) is 0 Å². The van der Waals surface area contributed by atoms with E-state index in [1.807, 2.05) is 44.1 Å². The molecule has 1 amide bonds. The number of nitrogens with one attached hydrogen (secondary N) is 1. The molecular weight excluding hydrogens is 274 g/mol. The van der Waals surface area contributed by atoms with Crippen LogP contribution in [0, 0.1) is 6.92 Å². The number of pyridine rings is 1. The first-order chi connectivity index (χ1) is 9.47. The Hall–Kier alpha value is -2.07. The van der Waals surface area contributed by atoms with Crippen molar-refractivity contribution in [2.24, 2.45) is 0 Å². The van der Waals surface area contributed by atoms with Crippen molar-refractivity contribution in [2.75, 3.05) is 24.3 Å². The number of carbonyl (C=O) groups is 1. The summed E-state index contributed by atoms with van der Waals surface area (Å²) in [5.74, 6) is -0.270. The number of hydrogen-bond donors (Lipinski definition) is 1. The van der Waals surface area contributed by atoms with Crippen LogP contribution in [-0.2, 0) is 0 Å². The molecule has 0 radical (unpaired) electrons. The van der Waals surface area contributed by atoms with Gasteiger partial charge in [0.15, 0.2) is 0 Å². The highest BCUT2D eigenvalue weighted by atomic mass is 35.5. The summed E-state index contributed by atoms with van der Waals surface area (Å²) in [6, 6.07) is 10.8. The average Bonchev–Trinajstić information content (AvgIpc) is 2.40. The summed E-state index contributed by atoms with van der Waals surface area (Å²) in [5, 5.41) is 3.14. The minimum absolute atomic E-state index is 0.270. The topological polar surface area (TPSA) is 45.2 Å². The molecule has 2 rings (SSSR count). The maximum Gasteiger partial charge on any atom is 0.274 e. The molecule has 1 aromatic heterocycles. The molecule has 1 heterocycles. The molecule has 5 heteroatoms. The molecular formula is C15H16ClN3O. The molecule has 1 aromatic carbocycles. The van der Waals surface area contributed by atoms with Gasteiger partial charge in [-0.2, -0.15) is 0 Å². The van der Waals surface area contributed by atoms with Crippen LogP contribution < -0.4 is 10.2 Å². The normalized spacial score (nSPS) is 10.2. The highest BCUT2D eigenvalue weighted by Gasteiger charge is 2.10. The number of benzene rings is 1. The zero-order valence-corrected chi connectivity index (χ0v) is 12.4. The van der Waals surface area contributed by atoms with Gasteiger partial charge >= 0.3 is 0 Å². The van der Waals surface area contributed by atoms with Crippen LogP contribution in [0.4, 0.5) is 11.4 Å². The molecule has 0 atom stereocenters. The lowest BCUT2D eigenvalue weighted by Crippen LogP contribution is -2.15. The maximum absolute atomic E-state index is 12.1. The summed E-state index contributed by atoms with van der Waals surface area (Å²) in [6.45, 7) is 1.95. The fraction of sp³-hybridized carbons (Fsp3) is 0.200. The quantitative estimate of drug-likeness (QED) is 0.881. The second kappa shape index (κ2) is 5.92. The number of hydrogen-bond acceptors (Lipinski definition) is 3. The number of nitrogens with zero attached hydrogens (tertiary/aromatic N) is 2. The van der Waals surface area contributed by atoms with Crippen LogP contribution in [-0.4, -0.2) is 25.0 Å². The van der Waals surface area contributed by atoms with E-state index in [0.29, 0.717) is 10.8 Å². The molecule has 0 aliphatic rings. The molecule has 0 fully saturated rings. The summed E-state index contributed by atoms with van der Waals surface area (Å²) in [4.78, 5) is 18.1. The SMILES string of the molecule is Cc1cc(N(C)C)ccc1NC(=O)c1cccc(Cl)n1. The van der Waals surface area contributed by atoms with Crippen molar-refractivity contribution in [2.45, 2.75) is 6.92 Å². The first kappa shape index (κ1) is 14.3. The average molecular weight is 290 g/mol. The Labute approximate surface area is 123 Å². The van der Waals surface area contributed by atoms with Crippen LogP contribution in [0.25, 0.3) is 0 Å². The minimum Gasteiger partial charge on any atom is -0.378 e. The van der Waals surface area contributed by atoms with E-state index in [1.165, 1.54) is 0 Å². The van der Waals surface area contributed by atoms with E-state index in [-0.39, 0.29) is 5.91 Å². The Morgan fingerprint density at radius 1 is 1.25 bits per heavy atom. The van der Waals surface area contributed by atoms with Gasteiger partial charge in [-0.1, -0.05) is 17.7 Å². The maximum atomic E-state index is 12.1. The van der Waals surface area contributed by atoms with Gasteiger partial charge in [-0.3, -0.25) is 4.79 Å². The van der Waals surface area contributed by atoms with Gasteiger partial charge in [-0.25, -0.2) is 4.98 Å². The molecule has 1 N–H and O–H groups in total. The Kier molecular flexibility index (Phi) is 4.25. The summed E-state index contributed by atoms with van der Waals surface area (Å²) in [7, 11) is 3.95. The predicted octanol–water partition coefficient (Wildman–Crippen LogP) is 3.36. The molecule has 4 nitrogen and oxygen atoms in total. The van der Waals surface area contributed by atoms with E-state index < -0.39 is 0 Å².